The molecule has 2 fully saturated rings. The molecule has 2 aliphatic heterocycles. The third kappa shape index (κ3) is 5.88. The van der Waals surface area contributed by atoms with Crippen molar-refractivity contribution in [2.24, 2.45) is 17.6 Å². The molecular formula is C21H38N4O4S. The van der Waals surface area contributed by atoms with E-state index < -0.39 is 12.0 Å². The number of aliphatic carboxylic acids is 1. The van der Waals surface area contributed by atoms with Gasteiger partial charge in [-0.25, -0.2) is 4.79 Å². The minimum Gasteiger partial charge on any atom is -0.480 e. The van der Waals surface area contributed by atoms with E-state index in [4.69, 9.17) is 5.73 Å². The molecule has 30 heavy (non-hydrogen) atoms. The Labute approximate surface area is 184 Å². The summed E-state index contributed by atoms with van der Waals surface area (Å²) in [4.78, 5) is 41.2. The van der Waals surface area contributed by atoms with Crippen molar-refractivity contribution >= 4 is 29.5 Å². The molecule has 2 rings (SSSR count). The van der Waals surface area contributed by atoms with Crippen LogP contribution in [0.1, 0.15) is 46.0 Å². The fourth-order valence-electron chi connectivity index (χ4n) is 5.00. The van der Waals surface area contributed by atoms with E-state index in [1.165, 1.54) is 0 Å². The zero-order valence-electron chi connectivity index (χ0n) is 18.5. The number of nitrogens with zero attached hydrogens (tertiary/aromatic N) is 2. The van der Waals surface area contributed by atoms with Gasteiger partial charge in [-0.3, -0.25) is 14.5 Å². The maximum atomic E-state index is 13.2. The molecule has 0 aromatic heterocycles. The van der Waals surface area contributed by atoms with Crippen LogP contribution < -0.4 is 11.1 Å². The molecule has 2 saturated heterocycles. The van der Waals surface area contributed by atoms with Gasteiger partial charge < -0.3 is 21.1 Å². The zero-order chi connectivity index (χ0) is 22.3. The van der Waals surface area contributed by atoms with Crippen LogP contribution in [0, 0.1) is 11.8 Å². The number of hydrogen-bond acceptors (Lipinski definition) is 6. The second-order valence-electron chi connectivity index (χ2n) is 8.39. The normalized spacial score (nSPS) is 27.9. The largest absolute Gasteiger partial charge is 0.480 e. The predicted molar refractivity (Wildman–Crippen MR) is 119 cm³/mol. The third-order valence-corrected chi connectivity index (χ3v) is 7.42. The van der Waals surface area contributed by atoms with Gasteiger partial charge in [0.25, 0.3) is 0 Å². The van der Waals surface area contributed by atoms with Gasteiger partial charge in [0.05, 0.1) is 12.6 Å². The lowest BCUT2D eigenvalue weighted by atomic mass is 9.94. The Morgan fingerprint density at radius 1 is 1.17 bits per heavy atom. The molecule has 2 heterocycles. The fourth-order valence-corrected chi connectivity index (χ4v) is 5.47. The number of hydrogen-bond donors (Lipinski definition) is 3. The molecule has 0 bridgehead atoms. The minimum atomic E-state index is -0.989. The molecule has 0 aliphatic carbocycles. The second-order valence-corrected chi connectivity index (χ2v) is 9.38. The predicted octanol–water partition coefficient (Wildman–Crippen LogP) is 0.995. The van der Waals surface area contributed by atoms with Crippen LogP contribution in [0.15, 0.2) is 0 Å². The molecule has 0 radical (unpaired) electrons. The highest BCUT2D eigenvalue weighted by atomic mass is 32.2. The number of nitrogens with two attached hydrogens (primary N) is 1. The van der Waals surface area contributed by atoms with Crippen LogP contribution in [0.25, 0.3) is 0 Å². The minimum absolute atomic E-state index is 0.00413. The summed E-state index contributed by atoms with van der Waals surface area (Å²) in [6.45, 7) is 6.37. The number of carbonyl (C=O) groups is 3. The van der Waals surface area contributed by atoms with E-state index in [2.05, 4.69) is 24.1 Å². The van der Waals surface area contributed by atoms with Crippen molar-refractivity contribution in [2.75, 3.05) is 38.2 Å². The molecule has 8 nitrogen and oxygen atoms in total. The highest BCUT2D eigenvalue weighted by molar-refractivity contribution is 7.98. The summed E-state index contributed by atoms with van der Waals surface area (Å²) in [6.07, 6.45) is 6.05. The van der Waals surface area contributed by atoms with Gasteiger partial charge in [0.15, 0.2) is 0 Å². The molecular weight excluding hydrogens is 404 g/mol. The number of carboxylic acids is 1. The molecule has 0 aromatic carbocycles. The first-order valence-corrected chi connectivity index (χ1v) is 12.5. The standard InChI is InChI=1S/C21H38N4O4S/c1-4-14-7-10-25(18(26)12-22)17(14)13-24-9-6-15(5-2)19(24)20(27)23-16(21(28)29)8-11-30-3/h14-17,19H,4-13,22H2,1-3H3,(H,23,27)(H,28,29)/t14-,15-,16-,17+,19-/m0/s1. The van der Waals surface area contributed by atoms with Crippen molar-refractivity contribution in [2.45, 2.75) is 64.1 Å². The van der Waals surface area contributed by atoms with Gasteiger partial charge in [-0.2, -0.15) is 11.8 Å². The lowest BCUT2D eigenvalue weighted by Gasteiger charge is -2.35. The van der Waals surface area contributed by atoms with Crippen molar-refractivity contribution in [3.05, 3.63) is 0 Å². The van der Waals surface area contributed by atoms with Crippen molar-refractivity contribution in [3.8, 4) is 0 Å². The van der Waals surface area contributed by atoms with Gasteiger partial charge in [0.2, 0.25) is 11.8 Å². The summed E-state index contributed by atoms with van der Waals surface area (Å²) in [6, 6.07) is -1.15. The topological polar surface area (TPSA) is 116 Å². The van der Waals surface area contributed by atoms with Crippen molar-refractivity contribution < 1.29 is 19.5 Å². The Morgan fingerprint density at radius 2 is 1.83 bits per heavy atom. The van der Waals surface area contributed by atoms with Crippen LogP contribution in [-0.2, 0) is 14.4 Å². The highest BCUT2D eigenvalue weighted by Gasteiger charge is 2.43. The number of likely N-dealkylation sites (tertiary alicyclic amines) is 2. The number of nitrogens with one attached hydrogen (secondary N) is 1. The van der Waals surface area contributed by atoms with Gasteiger partial charge in [-0.1, -0.05) is 26.7 Å². The lowest BCUT2D eigenvalue weighted by molar-refractivity contribution is -0.143. The SMILES string of the molecule is CC[C@H]1CCN(C[C@@H]2[C@@H](CC)CCN2C(=O)CN)[C@@H]1C(=O)N[C@@H](CCSC)C(=O)O. The number of carboxylic acid groups (broad SMARTS) is 1. The van der Waals surface area contributed by atoms with Crippen LogP contribution >= 0.6 is 11.8 Å². The molecule has 0 saturated carbocycles. The Balaban J connectivity index is 2.14. The summed E-state index contributed by atoms with van der Waals surface area (Å²) in [5.74, 6) is 0.0518. The van der Waals surface area contributed by atoms with Crippen molar-refractivity contribution in [1.29, 1.82) is 0 Å². The first-order valence-electron chi connectivity index (χ1n) is 11.1. The van der Waals surface area contributed by atoms with E-state index in [0.29, 0.717) is 24.6 Å². The van der Waals surface area contributed by atoms with E-state index in [1.54, 1.807) is 11.8 Å². The molecule has 172 valence electrons. The van der Waals surface area contributed by atoms with Crippen LogP contribution in [0.4, 0.5) is 0 Å². The first-order chi connectivity index (χ1) is 14.4. The van der Waals surface area contributed by atoms with Gasteiger partial charge in [0.1, 0.15) is 6.04 Å². The third-order valence-electron chi connectivity index (χ3n) is 6.77. The van der Waals surface area contributed by atoms with E-state index in [9.17, 15) is 19.5 Å². The zero-order valence-corrected chi connectivity index (χ0v) is 19.3. The Morgan fingerprint density at radius 3 is 2.40 bits per heavy atom. The molecule has 0 unspecified atom stereocenters. The van der Waals surface area contributed by atoms with Crippen LogP contribution in [-0.4, -0.2) is 89.0 Å². The summed E-state index contributed by atoms with van der Waals surface area (Å²) in [5.41, 5.74) is 5.63. The average molecular weight is 443 g/mol. The molecule has 0 spiro atoms. The molecule has 2 aliphatic rings. The highest BCUT2D eigenvalue weighted by Crippen LogP contribution is 2.33. The Hall–Kier alpha value is -1.32. The molecule has 0 aromatic rings. The van der Waals surface area contributed by atoms with Crippen molar-refractivity contribution in [1.82, 2.24) is 15.1 Å². The van der Waals surface area contributed by atoms with Gasteiger partial charge in [-0.15, -0.1) is 0 Å². The summed E-state index contributed by atoms with van der Waals surface area (Å²) < 4.78 is 0. The van der Waals surface area contributed by atoms with E-state index >= 15 is 0 Å². The molecule has 4 N–H and O–H groups in total. The number of thioether (sulfide) groups is 1. The smallest absolute Gasteiger partial charge is 0.326 e. The molecule has 2 amide bonds. The fraction of sp³-hybridized carbons (Fsp3) is 0.857. The monoisotopic (exact) mass is 442 g/mol. The Bertz CT molecular complexity index is 606. The van der Waals surface area contributed by atoms with Gasteiger partial charge in [-0.05, 0) is 49.7 Å². The second kappa shape index (κ2) is 11.9. The molecule has 5 atom stereocenters. The van der Waals surface area contributed by atoms with Crippen molar-refractivity contribution in [3.63, 3.8) is 0 Å². The maximum absolute atomic E-state index is 13.2. The van der Waals surface area contributed by atoms with Gasteiger partial charge >= 0.3 is 5.97 Å². The average Bonchev–Trinajstić information content (AvgIpc) is 3.34. The number of amides is 2. The van der Waals surface area contributed by atoms with E-state index in [0.717, 1.165) is 38.8 Å². The molecule has 9 heteroatoms. The number of rotatable bonds is 11. The maximum Gasteiger partial charge on any atom is 0.326 e. The summed E-state index contributed by atoms with van der Waals surface area (Å²) in [7, 11) is 0. The quantitative estimate of drug-likeness (QED) is 0.437. The van der Waals surface area contributed by atoms with E-state index in [1.807, 2.05) is 11.2 Å². The van der Waals surface area contributed by atoms with E-state index in [-0.39, 0.29) is 36.4 Å². The van der Waals surface area contributed by atoms with Crippen LogP contribution in [0.5, 0.6) is 0 Å². The Kier molecular flexibility index (Phi) is 9.90. The first kappa shape index (κ1) is 24.9. The van der Waals surface area contributed by atoms with Crippen LogP contribution in [0.3, 0.4) is 0 Å². The summed E-state index contributed by atoms with van der Waals surface area (Å²) >= 11 is 1.57. The van der Waals surface area contributed by atoms with Crippen LogP contribution in [0.2, 0.25) is 0 Å². The lowest BCUT2D eigenvalue weighted by Crippen LogP contribution is -2.55. The summed E-state index contributed by atoms with van der Waals surface area (Å²) in [5, 5.41) is 12.3. The van der Waals surface area contributed by atoms with Gasteiger partial charge in [0, 0.05) is 19.1 Å². The number of carbonyl (C=O) groups excluding carboxylic acids is 2.